The fourth-order valence-corrected chi connectivity index (χ4v) is 1.27. The van der Waals surface area contributed by atoms with Crippen LogP contribution in [0, 0.1) is 0 Å². The van der Waals surface area contributed by atoms with E-state index in [9.17, 15) is 0 Å². The third-order valence-corrected chi connectivity index (χ3v) is 1.99. The summed E-state index contributed by atoms with van der Waals surface area (Å²) in [4.78, 5) is 0. The summed E-state index contributed by atoms with van der Waals surface area (Å²) in [6.07, 6.45) is 0.849. The van der Waals surface area contributed by atoms with Crippen LogP contribution >= 0.6 is 0 Å². The summed E-state index contributed by atoms with van der Waals surface area (Å²) in [6, 6.07) is 10.3. The lowest BCUT2D eigenvalue weighted by Crippen LogP contribution is -2.14. The van der Waals surface area contributed by atoms with Crippen molar-refractivity contribution in [2.24, 2.45) is 0 Å². The van der Waals surface area contributed by atoms with Crippen molar-refractivity contribution in [1.29, 1.82) is 0 Å². The first-order chi connectivity index (χ1) is 6.83. The smallest absolute Gasteiger partial charge is 0.154 e. The van der Waals surface area contributed by atoms with E-state index in [0.29, 0.717) is 13.2 Å². The Morgan fingerprint density at radius 1 is 1.14 bits per heavy atom. The van der Waals surface area contributed by atoms with Crippen LogP contribution in [-0.4, -0.2) is 19.5 Å². The standard InChI is InChI=1S/C12H18O2/c1-3-13-11(2)14-10-9-12-7-5-4-6-8-12/h4-8,11H,3,9-10H2,1-2H3/t11-/m1/s1. The van der Waals surface area contributed by atoms with Gasteiger partial charge in [-0.2, -0.15) is 0 Å². The van der Waals surface area contributed by atoms with Gasteiger partial charge in [-0.25, -0.2) is 0 Å². The summed E-state index contributed by atoms with van der Waals surface area (Å²) in [5, 5.41) is 0. The third kappa shape index (κ3) is 4.40. The van der Waals surface area contributed by atoms with Crippen LogP contribution in [0.4, 0.5) is 0 Å². The maximum Gasteiger partial charge on any atom is 0.154 e. The minimum atomic E-state index is -0.0938. The molecule has 0 aliphatic rings. The molecule has 0 saturated carbocycles. The van der Waals surface area contributed by atoms with Crippen LogP contribution in [0.25, 0.3) is 0 Å². The van der Waals surface area contributed by atoms with Crippen LogP contribution in [0.5, 0.6) is 0 Å². The zero-order chi connectivity index (χ0) is 10.2. The molecule has 0 amide bonds. The van der Waals surface area contributed by atoms with Gasteiger partial charge in [0.25, 0.3) is 0 Å². The van der Waals surface area contributed by atoms with Crippen LogP contribution in [0.15, 0.2) is 30.3 Å². The first-order valence-corrected chi connectivity index (χ1v) is 5.10. The molecular formula is C12H18O2. The quantitative estimate of drug-likeness (QED) is 0.648. The molecule has 2 nitrogen and oxygen atoms in total. The zero-order valence-electron chi connectivity index (χ0n) is 8.90. The van der Waals surface area contributed by atoms with E-state index in [-0.39, 0.29) is 6.29 Å². The lowest BCUT2D eigenvalue weighted by molar-refractivity contribution is -0.126. The summed E-state index contributed by atoms with van der Waals surface area (Å²) >= 11 is 0. The average molecular weight is 194 g/mol. The maximum absolute atomic E-state index is 5.46. The molecule has 1 rings (SSSR count). The molecule has 0 fully saturated rings. The van der Waals surface area contributed by atoms with Crippen LogP contribution in [0.3, 0.4) is 0 Å². The Morgan fingerprint density at radius 2 is 1.86 bits per heavy atom. The number of benzene rings is 1. The van der Waals surface area contributed by atoms with Crippen molar-refractivity contribution in [2.45, 2.75) is 26.6 Å². The molecule has 14 heavy (non-hydrogen) atoms. The second kappa shape index (κ2) is 6.57. The van der Waals surface area contributed by atoms with Gasteiger partial charge in [-0.1, -0.05) is 30.3 Å². The van der Waals surface area contributed by atoms with Crippen molar-refractivity contribution in [3.05, 3.63) is 35.9 Å². The topological polar surface area (TPSA) is 18.5 Å². The van der Waals surface area contributed by atoms with Crippen LogP contribution < -0.4 is 0 Å². The van der Waals surface area contributed by atoms with Crippen LogP contribution in [0.1, 0.15) is 19.4 Å². The molecule has 0 saturated heterocycles. The van der Waals surface area contributed by atoms with Gasteiger partial charge in [0.15, 0.2) is 6.29 Å². The van der Waals surface area contributed by atoms with Gasteiger partial charge in [-0.05, 0) is 25.8 Å². The largest absolute Gasteiger partial charge is 0.353 e. The first kappa shape index (κ1) is 11.2. The van der Waals surface area contributed by atoms with E-state index in [1.54, 1.807) is 0 Å². The molecule has 0 N–H and O–H groups in total. The van der Waals surface area contributed by atoms with E-state index < -0.39 is 0 Å². The van der Waals surface area contributed by atoms with Gasteiger partial charge in [0.05, 0.1) is 6.61 Å². The average Bonchev–Trinajstić information content (AvgIpc) is 2.20. The summed E-state index contributed by atoms with van der Waals surface area (Å²) in [6.45, 7) is 5.31. The molecule has 78 valence electrons. The Balaban J connectivity index is 2.16. The van der Waals surface area contributed by atoms with Crippen molar-refractivity contribution in [1.82, 2.24) is 0 Å². The van der Waals surface area contributed by atoms with Crippen LogP contribution in [0.2, 0.25) is 0 Å². The lowest BCUT2D eigenvalue weighted by atomic mass is 10.2. The van der Waals surface area contributed by atoms with Gasteiger partial charge < -0.3 is 9.47 Å². The van der Waals surface area contributed by atoms with Crippen molar-refractivity contribution in [3.63, 3.8) is 0 Å². The molecule has 0 aliphatic heterocycles. The molecule has 0 heterocycles. The van der Waals surface area contributed by atoms with Gasteiger partial charge in [-0.3, -0.25) is 0 Å². The Labute approximate surface area is 85.8 Å². The van der Waals surface area contributed by atoms with Gasteiger partial charge in [-0.15, -0.1) is 0 Å². The Morgan fingerprint density at radius 3 is 2.50 bits per heavy atom. The van der Waals surface area contributed by atoms with E-state index in [1.165, 1.54) is 5.56 Å². The molecule has 0 unspecified atom stereocenters. The molecule has 1 aromatic carbocycles. The van der Waals surface area contributed by atoms with Gasteiger partial charge in [0.1, 0.15) is 0 Å². The molecule has 0 aliphatic carbocycles. The van der Waals surface area contributed by atoms with Crippen molar-refractivity contribution < 1.29 is 9.47 Å². The fourth-order valence-electron chi connectivity index (χ4n) is 1.27. The van der Waals surface area contributed by atoms with Gasteiger partial charge in [0.2, 0.25) is 0 Å². The fraction of sp³-hybridized carbons (Fsp3) is 0.500. The van der Waals surface area contributed by atoms with Gasteiger partial charge >= 0.3 is 0 Å². The van der Waals surface area contributed by atoms with Crippen molar-refractivity contribution >= 4 is 0 Å². The predicted molar refractivity (Wildman–Crippen MR) is 57.2 cm³/mol. The molecular weight excluding hydrogens is 176 g/mol. The van der Waals surface area contributed by atoms with Gasteiger partial charge in [0, 0.05) is 6.61 Å². The summed E-state index contributed by atoms with van der Waals surface area (Å²) in [5.74, 6) is 0. The maximum atomic E-state index is 5.46. The summed E-state index contributed by atoms with van der Waals surface area (Å²) in [7, 11) is 0. The SMILES string of the molecule is CCO[C@@H](C)OCCc1ccccc1. The summed E-state index contributed by atoms with van der Waals surface area (Å²) in [5.41, 5.74) is 1.30. The Hall–Kier alpha value is -0.860. The predicted octanol–water partition coefficient (Wildman–Crippen LogP) is 2.63. The molecule has 0 bridgehead atoms. The van der Waals surface area contributed by atoms with Crippen molar-refractivity contribution in [2.75, 3.05) is 13.2 Å². The van der Waals surface area contributed by atoms with Crippen molar-refractivity contribution in [3.8, 4) is 0 Å². The molecule has 1 aromatic rings. The minimum Gasteiger partial charge on any atom is -0.353 e. The van der Waals surface area contributed by atoms with E-state index >= 15 is 0 Å². The lowest BCUT2D eigenvalue weighted by Gasteiger charge is -2.12. The second-order valence-electron chi connectivity index (χ2n) is 3.13. The van der Waals surface area contributed by atoms with E-state index in [2.05, 4.69) is 12.1 Å². The second-order valence-corrected chi connectivity index (χ2v) is 3.13. The monoisotopic (exact) mass is 194 g/mol. The normalized spacial score (nSPS) is 12.7. The molecule has 2 heteroatoms. The minimum absolute atomic E-state index is 0.0938. The number of rotatable bonds is 6. The Bertz CT molecular complexity index is 233. The van der Waals surface area contributed by atoms with Crippen LogP contribution in [-0.2, 0) is 15.9 Å². The molecule has 0 aromatic heterocycles. The molecule has 0 spiro atoms. The summed E-state index contributed by atoms with van der Waals surface area (Å²) < 4.78 is 10.7. The zero-order valence-corrected chi connectivity index (χ0v) is 8.90. The highest BCUT2D eigenvalue weighted by molar-refractivity contribution is 5.14. The molecule has 0 radical (unpaired) electrons. The molecule has 1 atom stereocenters. The van der Waals surface area contributed by atoms with E-state index in [4.69, 9.17) is 9.47 Å². The number of hydrogen-bond donors (Lipinski definition) is 0. The third-order valence-electron chi connectivity index (χ3n) is 1.99. The van der Waals surface area contributed by atoms with E-state index in [0.717, 1.165) is 6.42 Å². The first-order valence-electron chi connectivity index (χ1n) is 5.10. The Kier molecular flexibility index (Phi) is 5.27. The highest BCUT2D eigenvalue weighted by Crippen LogP contribution is 2.01. The highest BCUT2D eigenvalue weighted by atomic mass is 16.7. The number of hydrogen-bond acceptors (Lipinski definition) is 2. The van der Waals surface area contributed by atoms with E-state index in [1.807, 2.05) is 32.0 Å². The number of ether oxygens (including phenoxy) is 2. The highest BCUT2D eigenvalue weighted by Gasteiger charge is 1.99.